The molecule has 0 saturated carbocycles. The maximum Gasteiger partial charge on any atom is 0.123 e. The molecule has 1 heterocycles. The topological polar surface area (TPSA) is 38.5 Å². The Kier molecular flexibility index (Phi) is 3.68. The average Bonchev–Trinajstić information content (AvgIpc) is 2.83. The lowest BCUT2D eigenvalue weighted by Gasteiger charge is -2.17. The molecule has 0 bridgehead atoms. The maximum absolute atomic E-state index is 6.05. The van der Waals surface area contributed by atoms with Crippen LogP contribution >= 0.6 is 15.9 Å². The predicted molar refractivity (Wildman–Crippen MR) is 84.5 cm³/mol. The zero-order valence-corrected chi connectivity index (χ0v) is 13.0. The molecule has 0 spiro atoms. The highest BCUT2D eigenvalue weighted by Crippen LogP contribution is 2.31. The number of hydrogen-bond donors (Lipinski definition) is 1. The van der Waals surface area contributed by atoms with Crippen LogP contribution in [0.25, 0.3) is 0 Å². The van der Waals surface area contributed by atoms with Crippen molar-refractivity contribution in [3.63, 3.8) is 0 Å². The number of anilines is 1. The van der Waals surface area contributed by atoms with Crippen molar-refractivity contribution in [1.82, 2.24) is 4.90 Å². The maximum atomic E-state index is 6.05. The van der Waals surface area contributed by atoms with Crippen molar-refractivity contribution in [2.75, 3.05) is 12.8 Å². The van der Waals surface area contributed by atoms with Gasteiger partial charge in [-0.1, -0.05) is 28.1 Å². The van der Waals surface area contributed by atoms with Crippen LogP contribution in [0, 0.1) is 0 Å². The lowest BCUT2D eigenvalue weighted by atomic mass is 10.1. The smallest absolute Gasteiger partial charge is 0.123 e. The van der Waals surface area contributed by atoms with Crippen molar-refractivity contribution >= 4 is 21.6 Å². The molecule has 2 N–H and O–H groups in total. The van der Waals surface area contributed by atoms with E-state index in [-0.39, 0.29) is 0 Å². The van der Waals surface area contributed by atoms with E-state index in [1.807, 2.05) is 24.3 Å². The van der Waals surface area contributed by atoms with E-state index in [2.05, 4.69) is 33.0 Å². The molecule has 4 heteroatoms. The minimum absolute atomic E-state index is 0.858. The van der Waals surface area contributed by atoms with E-state index >= 15 is 0 Å². The van der Waals surface area contributed by atoms with Crippen LogP contribution in [0.1, 0.15) is 16.7 Å². The third-order valence-electron chi connectivity index (χ3n) is 3.72. The first-order valence-electron chi connectivity index (χ1n) is 6.58. The molecule has 0 aliphatic carbocycles. The normalized spacial score (nSPS) is 14.3. The van der Waals surface area contributed by atoms with Gasteiger partial charge in [0.2, 0.25) is 0 Å². The Hall–Kier alpha value is -1.52. The Morgan fingerprint density at radius 3 is 2.85 bits per heavy atom. The third kappa shape index (κ3) is 2.53. The highest BCUT2D eigenvalue weighted by molar-refractivity contribution is 9.10. The molecule has 0 unspecified atom stereocenters. The number of ether oxygens (including phenoxy) is 1. The van der Waals surface area contributed by atoms with Gasteiger partial charge in [0, 0.05) is 35.4 Å². The van der Waals surface area contributed by atoms with Crippen LogP contribution < -0.4 is 10.5 Å². The van der Waals surface area contributed by atoms with E-state index in [0.29, 0.717) is 0 Å². The van der Waals surface area contributed by atoms with Gasteiger partial charge >= 0.3 is 0 Å². The fraction of sp³-hybridized carbons (Fsp3) is 0.250. The molecule has 104 valence electrons. The van der Waals surface area contributed by atoms with Crippen molar-refractivity contribution < 1.29 is 4.74 Å². The zero-order valence-electron chi connectivity index (χ0n) is 11.4. The van der Waals surface area contributed by atoms with E-state index in [1.165, 1.54) is 16.7 Å². The molecule has 0 atom stereocenters. The van der Waals surface area contributed by atoms with Gasteiger partial charge in [-0.2, -0.15) is 0 Å². The Labute approximate surface area is 127 Å². The molecular weight excluding hydrogens is 316 g/mol. The van der Waals surface area contributed by atoms with Crippen molar-refractivity contribution in [1.29, 1.82) is 0 Å². The number of fused-ring (bicyclic) bond motifs is 1. The van der Waals surface area contributed by atoms with E-state index in [4.69, 9.17) is 10.5 Å². The third-order valence-corrected chi connectivity index (χ3v) is 4.21. The van der Waals surface area contributed by atoms with Gasteiger partial charge < -0.3 is 10.5 Å². The summed E-state index contributed by atoms with van der Waals surface area (Å²) in [4.78, 5) is 2.38. The van der Waals surface area contributed by atoms with E-state index in [0.717, 1.165) is 35.5 Å². The average molecular weight is 333 g/mol. The van der Waals surface area contributed by atoms with Crippen molar-refractivity contribution in [3.8, 4) is 5.75 Å². The molecule has 3 rings (SSSR count). The Balaban J connectivity index is 1.81. The molecule has 2 aromatic carbocycles. The fourth-order valence-corrected chi connectivity index (χ4v) is 3.15. The van der Waals surface area contributed by atoms with Gasteiger partial charge in [-0.15, -0.1) is 0 Å². The predicted octanol–water partition coefficient (Wildman–Crippen LogP) is 3.56. The summed E-state index contributed by atoms with van der Waals surface area (Å²) >= 11 is 3.52. The molecule has 1 aliphatic heterocycles. The SMILES string of the molecule is COc1ccc(Br)cc1CN1Cc2cccc(N)c2C1. The molecule has 1 aliphatic rings. The van der Waals surface area contributed by atoms with Gasteiger partial charge in [0.05, 0.1) is 7.11 Å². The second kappa shape index (κ2) is 5.46. The lowest BCUT2D eigenvalue weighted by Crippen LogP contribution is -2.16. The number of nitrogens with two attached hydrogens (primary N) is 1. The largest absolute Gasteiger partial charge is 0.496 e. The van der Waals surface area contributed by atoms with E-state index < -0.39 is 0 Å². The summed E-state index contributed by atoms with van der Waals surface area (Å²) in [6.07, 6.45) is 0. The van der Waals surface area contributed by atoms with Crippen LogP contribution in [0.4, 0.5) is 5.69 Å². The van der Waals surface area contributed by atoms with Crippen LogP contribution in [0.3, 0.4) is 0 Å². The fourth-order valence-electron chi connectivity index (χ4n) is 2.74. The number of halogens is 1. The quantitative estimate of drug-likeness (QED) is 0.873. The first-order valence-corrected chi connectivity index (χ1v) is 7.37. The van der Waals surface area contributed by atoms with Gasteiger partial charge in [-0.3, -0.25) is 4.90 Å². The molecule has 0 aromatic heterocycles. The second-order valence-electron chi connectivity index (χ2n) is 5.09. The van der Waals surface area contributed by atoms with Gasteiger partial charge in [-0.25, -0.2) is 0 Å². The van der Waals surface area contributed by atoms with Crippen LogP contribution in [-0.4, -0.2) is 12.0 Å². The highest BCUT2D eigenvalue weighted by atomic mass is 79.9. The number of benzene rings is 2. The van der Waals surface area contributed by atoms with Crippen molar-refractivity contribution in [3.05, 3.63) is 57.6 Å². The van der Waals surface area contributed by atoms with Gasteiger partial charge in [0.25, 0.3) is 0 Å². The molecule has 0 fully saturated rings. The summed E-state index contributed by atoms with van der Waals surface area (Å²) in [7, 11) is 1.71. The Morgan fingerprint density at radius 1 is 1.25 bits per heavy atom. The van der Waals surface area contributed by atoms with Gasteiger partial charge in [-0.05, 0) is 35.4 Å². The minimum Gasteiger partial charge on any atom is -0.496 e. The number of methoxy groups -OCH3 is 1. The van der Waals surface area contributed by atoms with Crippen molar-refractivity contribution in [2.45, 2.75) is 19.6 Å². The highest BCUT2D eigenvalue weighted by Gasteiger charge is 2.21. The Bertz CT molecular complexity index is 642. The molecule has 20 heavy (non-hydrogen) atoms. The minimum atomic E-state index is 0.858. The summed E-state index contributed by atoms with van der Waals surface area (Å²) < 4.78 is 6.51. The molecule has 0 radical (unpaired) electrons. The van der Waals surface area contributed by atoms with E-state index in [1.54, 1.807) is 7.11 Å². The molecule has 0 amide bonds. The molecule has 3 nitrogen and oxygen atoms in total. The standard InChI is InChI=1S/C16H17BrN2O/c1-20-16-6-5-13(17)7-12(16)9-19-8-11-3-2-4-15(18)14(11)10-19/h2-7H,8-10,18H2,1H3. The Morgan fingerprint density at radius 2 is 2.10 bits per heavy atom. The number of hydrogen-bond acceptors (Lipinski definition) is 3. The summed E-state index contributed by atoms with van der Waals surface area (Å²) in [6, 6.07) is 12.3. The summed E-state index contributed by atoms with van der Waals surface area (Å²) in [5.74, 6) is 0.928. The molecule has 2 aromatic rings. The van der Waals surface area contributed by atoms with Crippen LogP contribution in [0.2, 0.25) is 0 Å². The number of nitrogens with zero attached hydrogens (tertiary/aromatic N) is 1. The van der Waals surface area contributed by atoms with Gasteiger partial charge in [0.1, 0.15) is 5.75 Å². The molecule has 0 saturated heterocycles. The summed E-state index contributed by atoms with van der Waals surface area (Å²) in [6.45, 7) is 2.70. The number of nitrogen functional groups attached to an aromatic ring is 1. The van der Waals surface area contributed by atoms with Crippen molar-refractivity contribution in [2.24, 2.45) is 0 Å². The van der Waals surface area contributed by atoms with Crippen LogP contribution in [0.5, 0.6) is 5.75 Å². The molecular formula is C16H17BrN2O. The summed E-state index contributed by atoms with van der Waals surface area (Å²) in [5.41, 5.74) is 10.7. The number of rotatable bonds is 3. The lowest BCUT2D eigenvalue weighted by molar-refractivity contribution is 0.270. The first kappa shape index (κ1) is 13.5. The summed E-state index contributed by atoms with van der Waals surface area (Å²) in [5, 5.41) is 0. The second-order valence-corrected chi connectivity index (χ2v) is 6.00. The monoisotopic (exact) mass is 332 g/mol. The van der Waals surface area contributed by atoms with Crippen LogP contribution in [-0.2, 0) is 19.6 Å². The first-order chi connectivity index (χ1) is 9.67. The van der Waals surface area contributed by atoms with Crippen LogP contribution in [0.15, 0.2) is 40.9 Å². The van der Waals surface area contributed by atoms with E-state index in [9.17, 15) is 0 Å². The zero-order chi connectivity index (χ0) is 14.1. The van der Waals surface area contributed by atoms with Gasteiger partial charge in [0.15, 0.2) is 0 Å².